The monoisotopic (exact) mass is 471 g/mol. The van der Waals surface area contributed by atoms with Crippen molar-refractivity contribution in [3.05, 3.63) is 35.3 Å². The van der Waals surface area contributed by atoms with Gasteiger partial charge in [0.1, 0.15) is 17.0 Å². The molecule has 0 saturated carbocycles. The Bertz CT molecular complexity index is 1180. The Labute approximate surface area is 191 Å². The lowest BCUT2D eigenvalue weighted by atomic mass is 10.2. The van der Waals surface area contributed by atoms with Crippen LogP contribution in [0.4, 0.5) is 5.82 Å². The van der Waals surface area contributed by atoms with Gasteiger partial charge >= 0.3 is 0 Å². The van der Waals surface area contributed by atoms with Gasteiger partial charge in [0.15, 0.2) is 11.0 Å². The standard InChI is InChI=1S/C20H21N7OS3/c1-2-27-18(15-4-3-10-29-15)23-24-20(27)31-12-16(28)25-6-8-26(9-7-25)17-14-5-11-30-19(14)22-13-21-17/h3-5,10-11,13H,2,6-9,12H2,1H3. The third-order valence-electron chi connectivity index (χ3n) is 5.27. The topological polar surface area (TPSA) is 80.0 Å². The van der Waals surface area contributed by atoms with Crippen LogP contribution in [0.3, 0.4) is 0 Å². The van der Waals surface area contributed by atoms with Gasteiger partial charge in [-0.25, -0.2) is 9.97 Å². The summed E-state index contributed by atoms with van der Waals surface area (Å²) in [6.07, 6.45) is 1.62. The van der Waals surface area contributed by atoms with E-state index in [0.29, 0.717) is 18.8 Å². The number of thioether (sulfide) groups is 1. The number of amides is 1. The predicted octanol–water partition coefficient (Wildman–Crippen LogP) is 3.47. The fourth-order valence-electron chi connectivity index (χ4n) is 3.68. The van der Waals surface area contributed by atoms with E-state index in [9.17, 15) is 4.79 Å². The number of thiophene rings is 2. The van der Waals surface area contributed by atoms with Crippen molar-refractivity contribution in [1.29, 1.82) is 0 Å². The van der Waals surface area contributed by atoms with Gasteiger partial charge in [-0.1, -0.05) is 17.8 Å². The zero-order chi connectivity index (χ0) is 21.2. The summed E-state index contributed by atoms with van der Waals surface area (Å²) in [5.41, 5.74) is 0. The SMILES string of the molecule is CCn1c(SCC(=O)N2CCN(c3ncnc4sccc34)CC2)nnc1-c1cccs1. The Balaban J connectivity index is 1.20. The molecule has 1 fully saturated rings. The smallest absolute Gasteiger partial charge is 0.233 e. The summed E-state index contributed by atoms with van der Waals surface area (Å²) in [6.45, 7) is 5.76. The molecule has 1 saturated heterocycles. The van der Waals surface area contributed by atoms with Crippen LogP contribution < -0.4 is 4.90 Å². The molecule has 1 amide bonds. The summed E-state index contributed by atoms with van der Waals surface area (Å²) >= 11 is 4.73. The number of piperazine rings is 1. The van der Waals surface area contributed by atoms with E-state index < -0.39 is 0 Å². The van der Waals surface area contributed by atoms with Crippen LogP contribution in [0.25, 0.3) is 20.9 Å². The van der Waals surface area contributed by atoms with Crippen LogP contribution in [0.2, 0.25) is 0 Å². The molecule has 1 aliphatic rings. The summed E-state index contributed by atoms with van der Waals surface area (Å²) in [4.78, 5) is 27.9. The molecule has 0 radical (unpaired) electrons. The molecule has 160 valence electrons. The van der Waals surface area contributed by atoms with Crippen LogP contribution in [0, 0.1) is 0 Å². The number of hydrogen-bond acceptors (Lipinski definition) is 9. The highest BCUT2D eigenvalue weighted by atomic mass is 32.2. The molecule has 0 unspecified atom stereocenters. The van der Waals surface area contributed by atoms with Crippen LogP contribution in [-0.4, -0.2) is 67.5 Å². The lowest BCUT2D eigenvalue weighted by Crippen LogP contribution is -2.49. The molecule has 0 N–H and O–H groups in total. The molecule has 0 aromatic carbocycles. The molecule has 4 aromatic rings. The zero-order valence-corrected chi connectivity index (χ0v) is 19.4. The maximum atomic E-state index is 12.8. The van der Waals surface area contributed by atoms with Gasteiger partial charge in [0.2, 0.25) is 5.91 Å². The first-order valence-electron chi connectivity index (χ1n) is 10.1. The van der Waals surface area contributed by atoms with Gasteiger partial charge in [0, 0.05) is 32.7 Å². The lowest BCUT2D eigenvalue weighted by molar-refractivity contribution is -0.128. The third kappa shape index (κ3) is 4.04. The summed E-state index contributed by atoms with van der Waals surface area (Å²) in [5, 5.41) is 14.6. The van der Waals surface area contributed by atoms with Crippen molar-refractivity contribution >= 4 is 56.4 Å². The van der Waals surface area contributed by atoms with Crippen molar-refractivity contribution in [2.75, 3.05) is 36.8 Å². The summed E-state index contributed by atoms with van der Waals surface area (Å²) in [5.74, 6) is 2.33. The Morgan fingerprint density at radius 2 is 1.97 bits per heavy atom. The van der Waals surface area contributed by atoms with Gasteiger partial charge in [-0.3, -0.25) is 4.79 Å². The van der Waals surface area contributed by atoms with Gasteiger partial charge in [-0.2, -0.15) is 0 Å². The average Bonchev–Trinajstić information content (AvgIpc) is 3.57. The molecule has 5 rings (SSSR count). The molecule has 8 nitrogen and oxygen atoms in total. The van der Waals surface area contributed by atoms with Crippen molar-refractivity contribution in [3.8, 4) is 10.7 Å². The zero-order valence-electron chi connectivity index (χ0n) is 17.0. The molecule has 0 spiro atoms. The number of nitrogens with zero attached hydrogens (tertiary/aromatic N) is 7. The second kappa shape index (κ2) is 8.93. The Morgan fingerprint density at radius 1 is 1.10 bits per heavy atom. The van der Waals surface area contributed by atoms with Gasteiger partial charge in [-0.15, -0.1) is 32.9 Å². The molecule has 0 bridgehead atoms. The predicted molar refractivity (Wildman–Crippen MR) is 126 cm³/mol. The van der Waals surface area contributed by atoms with Gasteiger partial charge < -0.3 is 14.4 Å². The highest BCUT2D eigenvalue weighted by Crippen LogP contribution is 2.29. The molecule has 1 aliphatic heterocycles. The van der Waals surface area contributed by atoms with Crippen molar-refractivity contribution in [2.45, 2.75) is 18.6 Å². The lowest BCUT2D eigenvalue weighted by Gasteiger charge is -2.35. The molecule has 11 heteroatoms. The molecule has 0 atom stereocenters. The molecule has 0 aliphatic carbocycles. The quantitative estimate of drug-likeness (QED) is 0.398. The first-order chi connectivity index (χ1) is 15.2. The van der Waals surface area contributed by atoms with E-state index in [1.165, 1.54) is 11.8 Å². The van der Waals surface area contributed by atoms with Crippen molar-refractivity contribution in [2.24, 2.45) is 0 Å². The van der Waals surface area contributed by atoms with Crippen molar-refractivity contribution in [3.63, 3.8) is 0 Å². The van der Waals surface area contributed by atoms with Crippen molar-refractivity contribution < 1.29 is 4.79 Å². The average molecular weight is 472 g/mol. The van der Waals surface area contributed by atoms with Crippen LogP contribution in [0.5, 0.6) is 0 Å². The number of carbonyl (C=O) groups is 1. The minimum atomic E-state index is 0.136. The maximum Gasteiger partial charge on any atom is 0.233 e. The van der Waals surface area contributed by atoms with E-state index in [2.05, 4.69) is 42.6 Å². The van der Waals surface area contributed by atoms with E-state index in [1.54, 1.807) is 29.0 Å². The summed E-state index contributed by atoms with van der Waals surface area (Å²) < 4.78 is 2.07. The number of aromatic nitrogens is 5. The number of hydrogen-bond donors (Lipinski definition) is 0. The molecular formula is C20H21N7OS3. The minimum absolute atomic E-state index is 0.136. The number of anilines is 1. The fraction of sp³-hybridized carbons (Fsp3) is 0.350. The third-order valence-corrected chi connectivity index (χ3v) is 7.91. The normalized spacial score (nSPS) is 14.5. The largest absolute Gasteiger partial charge is 0.352 e. The van der Waals surface area contributed by atoms with Crippen LogP contribution in [-0.2, 0) is 11.3 Å². The second-order valence-corrected chi connectivity index (χ2v) is 9.81. The number of rotatable bonds is 6. The Kier molecular flexibility index (Phi) is 5.88. The van der Waals surface area contributed by atoms with Crippen LogP contribution in [0.1, 0.15) is 6.92 Å². The Hall–Kier alpha value is -2.50. The highest BCUT2D eigenvalue weighted by Gasteiger charge is 2.24. The molecule has 5 heterocycles. The first kappa shape index (κ1) is 20.4. The maximum absolute atomic E-state index is 12.8. The van der Waals surface area contributed by atoms with Gasteiger partial charge in [-0.05, 0) is 29.8 Å². The van der Waals surface area contributed by atoms with Gasteiger partial charge in [0.25, 0.3) is 0 Å². The number of carbonyl (C=O) groups excluding carboxylic acids is 1. The van der Waals surface area contributed by atoms with E-state index in [-0.39, 0.29) is 5.91 Å². The van der Waals surface area contributed by atoms with E-state index >= 15 is 0 Å². The second-order valence-electron chi connectivity index (χ2n) is 7.02. The summed E-state index contributed by atoms with van der Waals surface area (Å²) in [7, 11) is 0. The molecule has 31 heavy (non-hydrogen) atoms. The first-order valence-corrected chi connectivity index (χ1v) is 12.8. The fourth-order valence-corrected chi connectivity index (χ4v) is 6.03. The van der Waals surface area contributed by atoms with Crippen molar-refractivity contribution in [1.82, 2.24) is 29.6 Å². The van der Waals surface area contributed by atoms with Gasteiger partial charge in [0.05, 0.1) is 16.0 Å². The summed E-state index contributed by atoms with van der Waals surface area (Å²) in [6, 6.07) is 6.12. The van der Waals surface area contributed by atoms with E-state index in [0.717, 1.165) is 51.5 Å². The highest BCUT2D eigenvalue weighted by molar-refractivity contribution is 7.99. The molecular weight excluding hydrogens is 450 g/mol. The van der Waals surface area contributed by atoms with Crippen LogP contribution >= 0.6 is 34.4 Å². The minimum Gasteiger partial charge on any atom is -0.352 e. The Morgan fingerprint density at radius 3 is 2.74 bits per heavy atom. The molecule has 4 aromatic heterocycles. The van der Waals surface area contributed by atoms with E-state index in [1.807, 2.05) is 27.8 Å². The van der Waals surface area contributed by atoms with E-state index in [4.69, 9.17) is 0 Å². The van der Waals surface area contributed by atoms with Crippen LogP contribution in [0.15, 0.2) is 40.4 Å². The number of fused-ring (bicyclic) bond motifs is 1.